The van der Waals surface area contributed by atoms with Crippen LogP contribution in [-0.4, -0.2) is 52.4 Å². The smallest absolute Gasteiger partial charge is 0.0249 e. The third kappa shape index (κ3) is 12.3. The van der Waals surface area contributed by atoms with Crippen molar-refractivity contribution in [1.82, 2.24) is 31.9 Å². The molecule has 11 rings (SSSR count). The van der Waals surface area contributed by atoms with Crippen molar-refractivity contribution >= 4 is 0 Å². The molecule has 4 aromatic rings. The van der Waals surface area contributed by atoms with Gasteiger partial charge in [0.25, 0.3) is 0 Å². The summed E-state index contributed by atoms with van der Waals surface area (Å²) in [7, 11) is 0. The van der Waals surface area contributed by atoms with Gasteiger partial charge in [0, 0.05) is 101 Å². The summed E-state index contributed by atoms with van der Waals surface area (Å²) in [5.74, 6) is 13.2. The van der Waals surface area contributed by atoms with Crippen LogP contribution in [0.4, 0.5) is 0 Å². The van der Waals surface area contributed by atoms with E-state index in [0.717, 1.165) is 101 Å². The quantitative estimate of drug-likeness (QED) is 0.171. The Morgan fingerprint density at radius 3 is 0.674 bits per heavy atom. The fourth-order valence-corrected chi connectivity index (χ4v) is 5.00. The van der Waals surface area contributed by atoms with Gasteiger partial charge in [-0.05, 0) is 70.8 Å². The Bertz CT molecular complexity index is 1330. The van der Waals surface area contributed by atoms with Gasteiger partial charge in [-0.1, -0.05) is 72.2 Å². The highest BCUT2D eigenvalue weighted by molar-refractivity contribution is 5.45. The maximum absolute atomic E-state index is 3.52. The van der Waals surface area contributed by atoms with Crippen molar-refractivity contribution in [2.24, 2.45) is 0 Å². The topological polar surface area (TPSA) is 72.2 Å². The van der Waals surface area contributed by atoms with Crippen molar-refractivity contribution in [3.05, 3.63) is 142 Å². The molecule has 0 aliphatic carbocycles. The summed E-state index contributed by atoms with van der Waals surface area (Å²) < 4.78 is 0. The summed E-state index contributed by atoms with van der Waals surface area (Å²) >= 11 is 0. The van der Waals surface area contributed by atoms with Crippen LogP contribution in [0.5, 0.6) is 0 Å². The van der Waals surface area contributed by atoms with E-state index in [1.54, 1.807) is 0 Å². The van der Waals surface area contributed by atoms with Crippen molar-refractivity contribution in [3.63, 3.8) is 0 Å². The van der Waals surface area contributed by atoms with Gasteiger partial charge >= 0.3 is 0 Å². The molecule has 0 fully saturated rings. The molecule has 0 saturated heterocycles. The van der Waals surface area contributed by atoms with Crippen LogP contribution in [0.1, 0.15) is 44.5 Å². The van der Waals surface area contributed by atoms with Gasteiger partial charge in [-0.15, -0.1) is 0 Å². The minimum absolute atomic E-state index is 0.850. The normalized spacial score (nSPS) is 16.0. The average Bonchev–Trinajstić information content (AvgIpc) is 3.10. The zero-order valence-corrected chi connectivity index (χ0v) is 26.7. The molecule has 0 saturated carbocycles. The summed E-state index contributed by atoms with van der Waals surface area (Å²) in [4.78, 5) is 0. The molecule has 0 amide bonds. The highest BCUT2D eigenvalue weighted by atomic mass is 15.0. The molecule has 0 atom stereocenters. The fraction of sp³-hybridized carbons (Fsp3) is 0.300. The van der Waals surface area contributed by atoms with Crippen molar-refractivity contribution < 1.29 is 0 Å². The molecule has 7 aliphatic rings. The fourth-order valence-electron chi connectivity index (χ4n) is 5.00. The molecule has 7 heterocycles. The van der Waals surface area contributed by atoms with E-state index in [9.17, 15) is 0 Å². The molecule has 46 heavy (non-hydrogen) atoms. The average molecular weight is 611 g/mol. The molecule has 0 spiro atoms. The standard InChI is InChI=1S/C40H46N6/c1-2-34-7-15-38(16-8-34)30-44-26-22-42-24-28-46-32-40-19-11-36(12-20-40)4-3-35-9-17-39(18-10-35)31-45-27-23-41-21-25-43-29-37-13-5-33(1)6-14-37/h5-20,41-46H,21-32H2. The van der Waals surface area contributed by atoms with Crippen molar-refractivity contribution in [1.29, 1.82) is 0 Å². The predicted molar refractivity (Wildman–Crippen MR) is 190 cm³/mol. The maximum Gasteiger partial charge on any atom is 0.0249 e. The number of hydrogen-bond acceptors (Lipinski definition) is 6. The monoisotopic (exact) mass is 610 g/mol. The summed E-state index contributed by atoms with van der Waals surface area (Å²) in [6.07, 6.45) is 0. The second-order valence-electron chi connectivity index (χ2n) is 11.5. The molecular weight excluding hydrogens is 564 g/mol. The van der Waals surface area contributed by atoms with Gasteiger partial charge in [0.15, 0.2) is 0 Å². The van der Waals surface area contributed by atoms with Gasteiger partial charge in [-0.2, -0.15) is 0 Å². The minimum atomic E-state index is 0.850. The third-order valence-corrected chi connectivity index (χ3v) is 7.75. The van der Waals surface area contributed by atoms with Crippen LogP contribution in [0.15, 0.2) is 97.1 Å². The van der Waals surface area contributed by atoms with E-state index in [0.29, 0.717) is 0 Å². The summed E-state index contributed by atoms with van der Waals surface area (Å²) in [6.45, 7) is 10.8. The van der Waals surface area contributed by atoms with Crippen LogP contribution in [0, 0.1) is 23.7 Å². The van der Waals surface area contributed by atoms with Crippen LogP contribution in [0.2, 0.25) is 0 Å². The lowest BCUT2D eigenvalue weighted by molar-refractivity contribution is 0.581. The van der Waals surface area contributed by atoms with Crippen LogP contribution in [0.25, 0.3) is 0 Å². The van der Waals surface area contributed by atoms with Crippen LogP contribution < -0.4 is 31.9 Å². The summed E-state index contributed by atoms with van der Waals surface area (Å²) in [6, 6.07) is 34.1. The Morgan fingerprint density at radius 2 is 0.457 bits per heavy atom. The summed E-state index contributed by atoms with van der Waals surface area (Å²) in [5, 5.41) is 21.1. The number of benzene rings is 4. The molecule has 0 radical (unpaired) electrons. The second-order valence-corrected chi connectivity index (χ2v) is 11.5. The maximum atomic E-state index is 3.52. The van der Waals surface area contributed by atoms with Crippen molar-refractivity contribution in [2.75, 3.05) is 52.4 Å². The van der Waals surface area contributed by atoms with E-state index in [1.165, 1.54) is 22.3 Å². The highest BCUT2D eigenvalue weighted by Crippen LogP contribution is 2.07. The minimum Gasteiger partial charge on any atom is -0.314 e. The first-order valence-corrected chi connectivity index (χ1v) is 16.4. The summed E-state index contributed by atoms with van der Waals surface area (Å²) in [5.41, 5.74) is 9.18. The Hall–Kier alpha value is -4.24. The Balaban J connectivity index is 1.11. The van der Waals surface area contributed by atoms with Gasteiger partial charge < -0.3 is 31.9 Å². The second kappa shape index (κ2) is 19.3. The first-order chi connectivity index (χ1) is 22.8. The van der Waals surface area contributed by atoms with E-state index < -0.39 is 0 Å². The Morgan fingerprint density at radius 1 is 0.261 bits per heavy atom. The van der Waals surface area contributed by atoms with Crippen LogP contribution in [0.3, 0.4) is 0 Å². The van der Waals surface area contributed by atoms with Gasteiger partial charge in [-0.25, -0.2) is 0 Å². The van der Waals surface area contributed by atoms with Gasteiger partial charge in [0.05, 0.1) is 0 Å². The van der Waals surface area contributed by atoms with Crippen LogP contribution in [-0.2, 0) is 26.2 Å². The van der Waals surface area contributed by atoms with E-state index in [1.807, 2.05) is 0 Å². The first-order valence-electron chi connectivity index (χ1n) is 16.4. The van der Waals surface area contributed by atoms with Gasteiger partial charge in [0.1, 0.15) is 0 Å². The molecule has 6 N–H and O–H groups in total. The first kappa shape index (κ1) is 33.1. The highest BCUT2D eigenvalue weighted by Gasteiger charge is 1.98. The van der Waals surface area contributed by atoms with Crippen molar-refractivity contribution in [3.8, 4) is 23.7 Å². The van der Waals surface area contributed by atoms with E-state index in [-0.39, 0.29) is 0 Å². The lowest BCUT2D eigenvalue weighted by atomic mass is 10.1. The van der Waals surface area contributed by atoms with Gasteiger partial charge in [0.2, 0.25) is 0 Å². The molecule has 0 unspecified atom stereocenters. The molecule has 8 bridgehead atoms. The van der Waals surface area contributed by atoms with E-state index in [2.05, 4.69) is 153 Å². The predicted octanol–water partition coefficient (Wildman–Crippen LogP) is 3.74. The SMILES string of the molecule is C1#Cc2ccc(cc2)CNCCNCCNCc2ccc(cc2)C#Cc2ccc(cc2)CNCCNCCNCc2ccc1cc2. The Labute approximate surface area is 275 Å². The molecule has 4 aromatic carbocycles. The lowest BCUT2D eigenvalue weighted by Gasteiger charge is -2.08. The number of hydrogen-bond donors (Lipinski definition) is 6. The molecular formula is C40H46N6. The zero-order valence-electron chi connectivity index (χ0n) is 26.7. The molecule has 0 aromatic heterocycles. The Kier molecular flexibility index (Phi) is 13.9. The molecule has 6 nitrogen and oxygen atoms in total. The molecule has 7 aliphatic heterocycles. The largest absolute Gasteiger partial charge is 0.314 e. The third-order valence-electron chi connectivity index (χ3n) is 7.75. The zero-order chi connectivity index (χ0) is 31.5. The number of nitrogens with one attached hydrogen (secondary N) is 6. The number of rotatable bonds is 0. The van der Waals surface area contributed by atoms with E-state index in [4.69, 9.17) is 0 Å². The lowest BCUT2D eigenvalue weighted by Crippen LogP contribution is -2.32. The van der Waals surface area contributed by atoms with E-state index >= 15 is 0 Å². The van der Waals surface area contributed by atoms with Crippen molar-refractivity contribution in [2.45, 2.75) is 26.2 Å². The molecule has 236 valence electrons. The molecule has 6 heteroatoms. The van der Waals surface area contributed by atoms with Crippen LogP contribution >= 0.6 is 0 Å². The van der Waals surface area contributed by atoms with Gasteiger partial charge in [-0.3, -0.25) is 0 Å².